The second kappa shape index (κ2) is 10.1. The largest absolute Gasteiger partial charge is 0.314 e. The van der Waals surface area contributed by atoms with Gasteiger partial charge in [0.25, 0.3) is 0 Å². The van der Waals surface area contributed by atoms with E-state index in [1.165, 1.54) is 50.5 Å². The molecule has 18 heavy (non-hydrogen) atoms. The molecule has 0 aliphatic heterocycles. The number of hydrogen-bond donors (Lipinski definition) is 1. The highest BCUT2D eigenvalue weighted by molar-refractivity contribution is 5.14. The zero-order chi connectivity index (χ0) is 13.1. The molecular formula is C17H29N. The Balaban J connectivity index is 2.06. The molecule has 0 aliphatic carbocycles. The lowest BCUT2D eigenvalue weighted by Gasteiger charge is -2.16. The van der Waals surface area contributed by atoms with Crippen molar-refractivity contribution in [2.75, 3.05) is 6.54 Å². The van der Waals surface area contributed by atoms with Gasteiger partial charge in [0.05, 0.1) is 0 Å². The Morgan fingerprint density at radius 1 is 0.944 bits per heavy atom. The fourth-order valence-corrected chi connectivity index (χ4v) is 2.53. The van der Waals surface area contributed by atoms with Gasteiger partial charge in [0.2, 0.25) is 0 Å². The van der Waals surface area contributed by atoms with Crippen LogP contribution >= 0.6 is 0 Å². The molecule has 1 nitrogen and oxygen atoms in total. The van der Waals surface area contributed by atoms with Gasteiger partial charge in [-0.25, -0.2) is 0 Å². The first kappa shape index (κ1) is 15.2. The molecule has 0 aromatic heterocycles. The molecule has 1 rings (SSSR count). The summed E-state index contributed by atoms with van der Waals surface area (Å²) >= 11 is 0. The number of benzene rings is 1. The molecule has 0 heterocycles. The van der Waals surface area contributed by atoms with Crippen LogP contribution in [0.25, 0.3) is 0 Å². The van der Waals surface area contributed by atoms with E-state index in [2.05, 4.69) is 49.5 Å². The smallest absolute Gasteiger partial charge is 0.00668 e. The summed E-state index contributed by atoms with van der Waals surface area (Å²) in [4.78, 5) is 0. The molecule has 1 aromatic carbocycles. The van der Waals surface area contributed by atoms with Crippen LogP contribution in [0.4, 0.5) is 0 Å². The molecule has 0 saturated heterocycles. The second-order valence-corrected chi connectivity index (χ2v) is 5.13. The molecule has 1 N–H and O–H groups in total. The van der Waals surface area contributed by atoms with E-state index in [9.17, 15) is 0 Å². The number of hydrogen-bond acceptors (Lipinski definition) is 1. The van der Waals surface area contributed by atoms with Crippen molar-refractivity contribution < 1.29 is 0 Å². The molecule has 0 bridgehead atoms. The topological polar surface area (TPSA) is 12.0 Å². The molecule has 1 aromatic rings. The van der Waals surface area contributed by atoms with Crippen LogP contribution in [-0.4, -0.2) is 12.6 Å². The predicted octanol–water partition coefficient (Wildman–Crippen LogP) is 4.57. The Bertz CT molecular complexity index is 275. The summed E-state index contributed by atoms with van der Waals surface area (Å²) in [5, 5.41) is 3.59. The summed E-state index contributed by atoms with van der Waals surface area (Å²) in [6.45, 7) is 5.59. The third-order valence-electron chi connectivity index (χ3n) is 3.49. The van der Waals surface area contributed by atoms with E-state index in [0.29, 0.717) is 0 Å². The van der Waals surface area contributed by atoms with Crippen LogP contribution in [0, 0.1) is 0 Å². The molecule has 0 amide bonds. The van der Waals surface area contributed by atoms with Gasteiger partial charge in [-0.2, -0.15) is 0 Å². The van der Waals surface area contributed by atoms with Crippen molar-refractivity contribution in [1.29, 1.82) is 0 Å². The average molecular weight is 247 g/mol. The van der Waals surface area contributed by atoms with E-state index in [0.717, 1.165) is 12.6 Å². The van der Waals surface area contributed by atoms with Crippen LogP contribution < -0.4 is 5.32 Å². The van der Waals surface area contributed by atoms with Crippen molar-refractivity contribution in [2.24, 2.45) is 0 Å². The van der Waals surface area contributed by atoms with Gasteiger partial charge < -0.3 is 5.32 Å². The lowest BCUT2D eigenvalue weighted by molar-refractivity contribution is 0.438. The second-order valence-electron chi connectivity index (χ2n) is 5.13. The maximum absolute atomic E-state index is 3.59. The van der Waals surface area contributed by atoms with Crippen LogP contribution in [-0.2, 0) is 6.42 Å². The van der Waals surface area contributed by atoms with Crippen LogP contribution in [0.5, 0.6) is 0 Å². The summed E-state index contributed by atoms with van der Waals surface area (Å²) in [6.07, 6.45) is 9.26. The average Bonchev–Trinajstić information content (AvgIpc) is 2.40. The summed E-state index contributed by atoms with van der Waals surface area (Å²) < 4.78 is 0. The van der Waals surface area contributed by atoms with E-state index >= 15 is 0 Å². The minimum absolute atomic E-state index is 0.747. The van der Waals surface area contributed by atoms with E-state index in [1.54, 1.807) is 0 Å². The van der Waals surface area contributed by atoms with Crippen LogP contribution in [0.1, 0.15) is 57.9 Å². The van der Waals surface area contributed by atoms with Gasteiger partial charge in [-0.05, 0) is 37.8 Å². The minimum atomic E-state index is 0.747. The maximum atomic E-state index is 3.59. The Hall–Kier alpha value is -0.820. The quantitative estimate of drug-likeness (QED) is 0.597. The summed E-state index contributed by atoms with van der Waals surface area (Å²) in [7, 11) is 0. The summed E-state index contributed by atoms with van der Waals surface area (Å²) in [5.41, 5.74) is 1.48. The first-order valence-corrected chi connectivity index (χ1v) is 7.64. The zero-order valence-corrected chi connectivity index (χ0v) is 12.1. The number of nitrogens with one attached hydrogen (secondary N) is 1. The van der Waals surface area contributed by atoms with Gasteiger partial charge in [0.15, 0.2) is 0 Å². The standard InChI is InChI=1S/C17H29N/c1-3-11-17(18-4-2)15-10-6-9-14-16-12-7-5-8-13-16/h5,7-8,12-13,17-18H,3-4,6,9-11,14-15H2,1-2H3. The van der Waals surface area contributed by atoms with Crippen molar-refractivity contribution in [3.63, 3.8) is 0 Å². The Morgan fingerprint density at radius 2 is 1.72 bits per heavy atom. The number of aryl methyl sites for hydroxylation is 1. The molecule has 0 spiro atoms. The molecule has 0 aliphatic rings. The summed E-state index contributed by atoms with van der Waals surface area (Å²) in [5.74, 6) is 0. The molecule has 0 radical (unpaired) electrons. The third kappa shape index (κ3) is 6.80. The van der Waals surface area contributed by atoms with Gasteiger partial charge in [-0.1, -0.05) is 63.4 Å². The molecule has 0 fully saturated rings. The van der Waals surface area contributed by atoms with Gasteiger partial charge in [0, 0.05) is 6.04 Å². The lowest BCUT2D eigenvalue weighted by Crippen LogP contribution is -2.28. The van der Waals surface area contributed by atoms with Crippen molar-refractivity contribution in [3.05, 3.63) is 35.9 Å². The fourth-order valence-electron chi connectivity index (χ4n) is 2.53. The van der Waals surface area contributed by atoms with Crippen LogP contribution in [0.15, 0.2) is 30.3 Å². The molecule has 0 saturated carbocycles. The highest BCUT2D eigenvalue weighted by atomic mass is 14.9. The molecule has 1 atom stereocenters. The van der Waals surface area contributed by atoms with Crippen molar-refractivity contribution in [1.82, 2.24) is 5.32 Å². The van der Waals surface area contributed by atoms with Crippen molar-refractivity contribution in [3.8, 4) is 0 Å². The van der Waals surface area contributed by atoms with Gasteiger partial charge in [-0.3, -0.25) is 0 Å². The normalized spacial score (nSPS) is 12.6. The van der Waals surface area contributed by atoms with E-state index in [4.69, 9.17) is 0 Å². The first-order valence-electron chi connectivity index (χ1n) is 7.64. The van der Waals surface area contributed by atoms with Crippen molar-refractivity contribution >= 4 is 0 Å². The zero-order valence-electron chi connectivity index (χ0n) is 12.1. The highest BCUT2D eigenvalue weighted by Crippen LogP contribution is 2.11. The lowest BCUT2D eigenvalue weighted by atomic mass is 10.0. The molecule has 1 unspecified atom stereocenters. The van der Waals surface area contributed by atoms with E-state index < -0.39 is 0 Å². The van der Waals surface area contributed by atoms with Crippen LogP contribution in [0.3, 0.4) is 0 Å². The molecule has 102 valence electrons. The number of rotatable bonds is 10. The van der Waals surface area contributed by atoms with Crippen molar-refractivity contribution in [2.45, 2.75) is 64.8 Å². The van der Waals surface area contributed by atoms with Gasteiger partial charge in [0.1, 0.15) is 0 Å². The SMILES string of the molecule is CCCC(CCCCCc1ccccc1)NCC. The van der Waals surface area contributed by atoms with Gasteiger partial charge in [-0.15, -0.1) is 0 Å². The van der Waals surface area contributed by atoms with Gasteiger partial charge >= 0.3 is 0 Å². The molecule has 1 heteroatoms. The number of unbranched alkanes of at least 4 members (excludes halogenated alkanes) is 2. The third-order valence-corrected chi connectivity index (χ3v) is 3.49. The highest BCUT2D eigenvalue weighted by Gasteiger charge is 2.04. The van der Waals surface area contributed by atoms with Crippen LogP contribution in [0.2, 0.25) is 0 Å². The Kier molecular flexibility index (Phi) is 8.58. The van der Waals surface area contributed by atoms with E-state index in [1.807, 2.05) is 0 Å². The van der Waals surface area contributed by atoms with E-state index in [-0.39, 0.29) is 0 Å². The Labute approximate surface area is 113 Å². The maximum Gasteiger partial charge on any atom is 0.00668 e. The first-order chi connectivity index (χ1) is 8.86. The monoisotopic (exact) mass is 247 g/mol. The fraction of sp³-hybridized carbons (Fsp3) is 0.647. The Morgan fingerprint density at radius 3 is 2.39 bits per heavy atom. The predicted molar refractivity (Wildman–Crippen MR) is 81.0 cm³/mol. The molecular weight excluding hydrogens is 218 g/mol. The minimum Gasteiger partial charge on any atom is -0.314 e. The summed E-state index contributed by atoms with van der Waals surface area (Å²) in [6, 6.07) is 11.6.